The molecule has 0 bridgehead atoms. The molecule has 0 heterocycles. The lowest BCUT2D eigenvalue weighted by molar-refractivity contribution is 0.589. The predicted octanol–water partition coefficient (Wildman–Crippen LogP) is 9.65. The first kappa shape index (κ1) is 28.3. The highest BCUT2D eigenvalue weighted by Crippen LogP contribution is 2.13. The molecule has 0 spiro atoms. The standard InChI is InChI=1S/C36H41F/c1-3-5-7-8-9-10-12-14-31-15-19-32(20-16-31)23-24-34-26-28-35(36(37)29-34)27-25-33-21-17-30(18-22-33)13-11-6-4-2/h15-22,26,28-29H,3-14H2,1-2H3. The van der Waals surface area contributed by atoms with Gasteiger partial charge in [0.2, 0.25) is 0 Å². The van der Waals surface area contributed by atoms with Gasteiger partial charge in [0, 0.05) is 16.7 Å². The van der Waals surface area contributed by atoms with Crippen LogP contribution in [0.3, 0.4) is 0 Å². The van der Waals surface area contributed by atoms with E-state index < -0.39 is 0 Å². The van der Waals surface area contributed by atoms with E-state index in [1.54, 1.807) is 6.07 Å². The summed E-state index contributed by atoms with van der Waals surface area (Å²) in [6.45, 7) is 4.47. The number of hydrogen-bond acceptors (Lipinski definition) is 0. The van der Waals surface area contributed by atoms with E-state index in [1.165, 1.54) is 81.4 Å². The summed E-state index contributed by atoms with van der Waals surface area (Å²) in [5, 5.41) is 0. The second kappa shape index (κ2) is 16.5. The quantitative estimate of drug-likeness (QED) is 0.174. The number of unbranched alkanes of at least 4 members (excludes halogenated alkanes) is 8. The maximum atomic E-state index is 14.6. The first-order valence-corrected chi connectivity index (χ1v) is 14.2. The van der Waals surface area contributed by atoms with E-state index in [-0.39, 0.29) is 5.82 Å². The molecule has 0 unspecified atom stereocenters. The van der Waals surface area contributed by atoms with E-state index in [0.29, 0.717) is 11.1 Å². The van der Waals surface area contributed by atoms with Crippen molar-refractivity contribution in [3.63, 3.8) is 0 Å². The molecule has 0 atom stereocenters. The molecular formula is C36H41F. The fraction of sp³-hybridized carbons (Fsp3) is 0.389. The zero-order valence-corrected chi connectivity index (χ0v) is 22.7. The fourth-order valence-electron chi connectivity index (χ4n) is 4.35. The Hall–Kier alpha value is -3.29. The molecule has 0 radical (unpaired) electrons. The van der Waals surface area contributed by atoms with Gasteiger partial charge in [-0.15, -0.1) is 0 Å². The molecule has 192 valence electrons. The molecule has 0 aromatic heterocycles. The lowest BCUT2D eigenvalue weighted by atomic mass is 10.0. The second-order valence-corrected chi connectivity index (χ2v) is 9.92. The second-order valence-electron chi connectivity index (χ2n) is 9.92. The van der Waals surface area contributed by atoms with Gasteiger partial charge in [-0.1, -0.05) is 113 Å². The van der Waals surface area contributed by atoms with Crippen LogP contribution in [0.4, 0.5) is 4.39 Å². The van der Waals surface area contributed by atoms with Crippen molar-refractivity contribution in [1.82, 2.24) is 0 Å². The molecule has 0 N–H and O–H groups in total. The van der Waals surface area contributed by atoms with Crippen LogP contribution in [0.2, 0.25) is 0 Å². The molecule has 3 rings (SSSR count). The summed E-state index contributed by atoms with van der Waals surface area (Å²) < 4.78 is 14.6. The van der Waals surface area contributed by atoms with Crippen molar-refractivity contribution in [1.29, 1.82) is 0 Å². The van der Waals surface area contributed by atoms with E-state index in [2.05, 4.69) is 73.9 Å². The highest BCUT2D eigenvalue weighted by atomic mass is 19.1. The number of aryl methyl sites for hydroxylation is 2. The van der Waals surface area contributed by atoms with Crippen molar-refractivity contribution in [3.05, 3.63) is 106 Å². The summed E-state index contributed by atoms with van der Waals surface area (Å²) >= 11 is 0. The Morgan fingerprint density at radius 1 is 0.486 bits per heavy atom. The van der Waals surface area contributed by atoms with Gasteiger partial charge >= 0.3 is 0 Å². The lowest BCUT2D eigenvalue weighted by Crippen LogP contribution is -1.88. The monoisotopic (exact) mass is 492 g/mol. The van der Waals surface area contributed by atoms with E-state index >= 15 is 0 Å². The Bertz CT molecular complexity index is 1190. The third kappa shape index (κ3) is 10.7. The minimum Gasteiger partial charge on any atom is -0.206 e. The molecule has 0 saturated carbocycles. The summed E-state index contributed by atoms with van der Waals surface area (Å²) in [6.07, 6.45) is 15.2. The molecule has 0 saturated heterocycles. The molecule has 0 aliphatic heterocycles. The van der Waals surface area contributed by atoms with Crippen molar-refractivity contribution < 1.29 is 4.39 Å². The molecule has 0 fully saturated rings. The summed E-state index contributed by atoms with van der Waals surface area (Å²) in [5.74, 6) is 12.0. The topological polar surface area (TPSA) is 0 Å². The van der Waals surface area contributed by atoms with E-state index in [0.717, 1.165) is 24.0 Å². The van der Waals surface area contributed by atoms with Crippen molar-refractivity contribution in [2.45, 2.75) is 90.9 Å². The maximum absolute atomic E-state index is 14.6. The average molecular weight is 493 g/mol. The van der Waals surface area contributed by atoms with Gasteiger partial charge in [0.1, 0.15) is 5.82 Å². The largest absolute Gasteiger partial charge is 0.206 e. The van der Waals surface area contributed by atoms with Gasteiger partial charge in [-0.2, -0.15) is 0 Å². The summed E-state index contributed by atoms with van der Waals surface area (Å²) in [7, 11) is 0. The van der Waals surface area contributed by atoms with Crippen LogP contribution in [0.1, 0.15) is 111 Å². The van der Waals surface area contributed by atoms with Gasteiger partial charge in [-0.25, -0.2) is 4.39 Å². The van der Waals surface area contributed by atoms with Gasteiger partial charge in [-0.3, -0.25) is 0 Å². The highest BCUT2D eigenvalue weighted by Gasteiger charge is 2.01. The highest BCUT2D eigenvalue weighted by molar-refractivity contribution is 5.49. The zero-order chi connectivity index (χ0) is 26.1. The summed E-state index contributed by atoms with van der Waals surface area (Å²) in [5.41, 5.74) is 5.60. The Morgan fingerprint density at radius 2 is 0.919 bits per heavy atom. The Labute approximate surface area is 224 Å². The third-order valence-corrected chi connectivity index (χ3v) is 6.71. The van der Waals surface area contributed by atoms with E-state index in [4.69, 9.17) is 0 Å². The Morgan fingerprint density at radius 3 is 1.49 bits per heavy atom. The number of halogens is 1. The normalized spacial score (nSPS) is 10.4. The molecule has 0 amide bonds. The maximum Gasteiger partial charge on any atom is 0.140 e. The predicted molar refractivity (Wildman–Crippen MR) is 156 cm³/mol. The molecule has 1 heteroatoms. The molecular weight excluding hydrogens is 451 g/mol. The number of rotatable bonds is 12. The molecule has 3 aromatic carbocycles. The summed E-state index contributed by atoms with van der Waals surface area (Å²) in [6, 6.07) is 21.8. The minimum absolute atomic E-state index is 0.333. The summed E-state index contributed by atoms with van der Waals surface area (Å²) in [4.78, 5) is 0. The molecule has 0 nitrogen and oxygen atoms in total. The lowest BCUT2D eigenvalue weighted by Gasteiger charge is -2.02. The molecule has 37 heavy (non-hydrogen) atoms. The van der Waals surface area contributed by atoms with Crippen LogP contribution in [-0.2, 0) is 12.8 Å². The van der Waals surface area contributed by atoms with Gasteiger partial charge in [0.05, 0.1) is 5.56 Å². The molecule has 0 aliphatic carbocycles. The van der Waals surface area contributed by atoms with Crippen LogP contribution >= 0.6 is 0 Å². The van der Waals surface area contributed by atoms with E-state index in [9.17, 15) is 4.39 Å². The SMILES string of the molecule is CCCCCCCCCc1ccc(C#Cc2ccc(C#Cc3ccc(CCCCC)cc3)c(F)c2)cc1. The van der Waals surface area contributed by atoms with Crippen molar-refractivity contribution in [2.24, 2.45) is 0 Å². The zero-order valence-electron chi connectivity index (χ0n) is 22.7. The van der Waals surface area contributed by atoms with Gasteiger partial charge < -0.3 is 0 Å². The third-order valence-electron chi connectivity index (χ3n) is 6.71. The van der Waals surface area contributed by atoms with Crippen LogP contribution in [0, 0.1) is 29.5 Å². The molecule has 0 aliphatic rings. The number of benzene rings is 3. The number of hydrogen-bond donors (Lipinski definition) is 0. The van der Waals surface area contributed by atoms with Crippen molar-refractivity contribution in [3.8, 4) is 23.7 Å². The van der Waals surface area contributed by atoms with Crippen LogP contribution in [0.5, 0.6) is 0 Å². The van der Waals surface area contributed by atoms with Gasteiger partial charge in [0.15, 0.2) is 0 Å². The Kier molecular flexibility index (Phi) is 12.6. The Balaban J connectivity index is 1.50. The first-order chi connectivity index (χ1) is 18.2. The van der Waals surface area contributed by atoms with E-state index in [1.807, 2.05) is 18.2 Å². The molecule has 3 aromatic rings. The van der Waals surface area contributed by atoms with Crippen LogP contribution < -0.4 is 0 Å². The average Bonchev–Trinajstić information content (AvgIpc) is 2.92. The van der Waals surface area contributed by atoms with Crippen molar-refractivity contribution in [2.75, 3.05) is 0 Å². The van der Waals surface area contributed by atoms with Crippen LogP contribution in [0.25, 0.3) is 0 Å². The van der Waals surface area contributed by atoms with Crippen molar-refractivity contribution >= 4 is 0 Å². The van der Waals surface area contributed by atoms with Crippen LogP contribution in [0.15, 0.2) is 66.7 Å². The fourth-order valence-corrected chi connectivity index (χ4v) is 4.35. The van der Waals surface area contributed by atoms with Gasteiger partial charge in [0.25, 0.3) is 0 Å². The smallest absolute Gasteiger partial charge is 0.140 e. The first-order valence-electron chi connectivity index (χ1n) is 14.2. The van der Waals surface area contributed by atoms with Gasteiger partial charge in [-0.05, 0) is 79.3 Å². The minimum atomic E-state index is -0.333. The van der Waals surface area contributed by atoms with Crippen LogP contribution in [-0.4, -0.2) is 0 Å².